The quantitative estimate of drug-likeness (QED) is 0.852. The standard InChI is InChI=1S/C13H16N2O3/c1-9-2-3-11-10(8-9)14-12(16)4-6-15(11)7-5-13(17)18/h2-3,8H,4-7H2,1H3,(H,14,16)(H,17,18). The maximum Gasteiger partial charge on any atom is 0.305 e. The van der Waals surface area contributed by atoms with Crippen molar-refractivity contribution in [2.24, 2.45) is 0 Å². The van der Waals surface area contributed by atoms with E-state index < -0.39 is 5.97 Å². The predicted molar refractivity (Wildman–Crippen MR) is 68.9 cm³/mol. The van der Waals surface area contributed by atoms with Crippen molar-refractivity contribution in [3.8, 4) is 0 Å². The first kappa shape index (κ1) is 12.4. The number of rotatable bonds is 3. The number of aliphatic carboxylic acids is 1. The smallest absolute Gasteiger partial charge is 0.305 e. The number of anilines is 2. The zero-order chi connectivity index (χ0) is 13.1. The maximum absolute atomic E-state index is 11.6. The van der Waals surface area contributed by atoms with E-state index in [1.54, 1.807) is 0 Å². The highest BCUT2D eigenvalue weighted by molar-refractivity contribution is 5.96. The van der Waals surface area contributed by atoms with E-state index in [0.717, 1.165) is 16.9 Å². The molecule has 0 saturated carbocycles. The highest BCUT2D eigenvalue weighted by Crippen LogP contribution is 2.29. The van der Waals surface area contributed by atoms with Crippen molar-refractivity contribution >= 4 is 23.3 Å². The number of benzene rings is 1. The molecular formula is C13H16N2O3. The van der Waals surface area contributed by atoms with Gasteiger partial charge in [0.25, 0.3) is 0 Å². The first-order chi connectivity index (χ1) is 8.56. The molecular weight excluding hydrogens is 232 g/mol. The number of carboxylic acids is 1. The predicted octanol–water partition coefficient (Wildman–Crippen LogP) is 1.62. The molecule has 1 aromatic carbocycles. The van der Waals surface area contributed by atoms with Gasteiger partial charge in [0.15, 0.2) is 0 Å². The lowest BCUT2D eigenvalue weighted by Crippen LogP contribution is -2.27. The van der Waals surface area contributed by atoms with Crippen molar-refractivity contribution in [2.45, 2.75) is 19.8 Å². The number of fused-ring (bicyclic) bond motifs is 1. The third kappa shape index (κ3) is 2.80. The minimum absolute atomic E-state index is 0.0281. The number of aryl methyl sites for hydroxylation is 1. The second-order valence-corrected chi connectivity index (χ2v) is 4.45. The summed E-state index contributed by atoms with van der Waals surface area (Å²) < 4.78 is 0. The van der Waals surface area contributed by atoms with Crippen LogP contribution in [0.15, 0.2) is 18.2 Å². The van der Waals surface area contributed by atoms with E-state index in [0.29, 0.717) is 19.5 Å². The lowest BCUT2D eigenvalue weighted by molar-refractivity contribution is -0.136. The largest absolute Gasteiger partial charge is 0.481 e. The minimum Gasteiger partial charge on any atom is -0.481 e. The normalized spacial score (nSPS) is 14.7. The Balaban J connectivity index is 2.27. The van der Waals surface area contributed by atoms with E-state index in [1.165, 1.54) is 0 Å². The van der Waals surface area contributed by atoms with Gasteiger partial charge in [0.2, 0.25) is 5.91 Å². The summed E-state index contributed by atoms with van der Waals surface area (Å²) in [5.74, 6) is -0.855. The maximum atomic E-state index is 11.6. The molecule has 1 heterocycles. The van der Waals surface area contributed by atoms with Gasteiger partial charge in [-0.3, -0.25) is 9.59 Å². The molecule has 5 heteroatoms. The molecule has 18 heavy (non-hydrogen) atoms. The van der Waals surface area contributed by atoms with Crippen LogP contribution in [-0.2, 0) is 9.59 Å². The molecule has 0 atom stereocenters. The second-order valence-electron chi connectivity index (χ2n) is 4.45. The SMILES string of the molecule is Cc1ccc2c(c1)NC(=O)CCN2CCC(=O)O. The van der Waals surface area contributed by atoms with Crippen LogP contribution in [0.1, 0.15) is 18.4 Å². The van der Waals surface area contributed by atoms with Gasteiger partial charge in [-0.15, -0.1) is 0 Å². The molecule has 0 aromatic heterocycles. The molecule has 0 aliphatic carbocycles. The van der Waals surface area contributed by atoms with E-state index in [-0.39, 0.29) is 12.3 Å². The molecule has 96 valence electrons. The Hall–Kier alpha value is -2.04. The summed E-state index contributed by atoms with van der Waals surface area (Å²) in [6.07, 6.45) is 0.453. The number of carbonyl (C=O) groups excluding carboxylic acids is 1. The van der Waals surface area contributed by atoms with Gasteiger partial charge in [-0.05, 0) is 24.6 Å². The van der Waals surface area contributed by atoms with Gasteiger partial charge < -0.3 is 15.3 Å². The Morgan fingerprint density at radius 2 is 2.28 bits per heavy atom. The molecule has 1 aliphatic heterocycles. The first-order valence-electron chi connectivity index (χ1n) is 5.93. The molecule has 0 bridgehead atoms. The summed E-state index contributed by atoms with van der Waals surface area (Å²) in [5, 5.41) is 11.6. The van der Waals surface area contributed by atoms with Crippen LogP contribution in [0, 0.1) is 6.92 Å². The Morgan fingerprint density at radius 3 is 3.00 bits per heavy atom. The average molecular weight is 248 g/mol. The lowest BCUT2D eigenvalue weighted by Gasteiger charge is -2.23. The molecule has 1 aliphatic rings. The van der Waals surface area contributed by atoms with Crippen molar-refractivity contribution in [2.75, 3.05) is 23.3 Å². The van der Waals surface area contributed by atoms with Crippen molar-refractivity contribution < 1.29 is 14.7 Å². The Labute approximate surface area is 105 Å². The molecule has 1 amide bonds. The molecule has 0 spiro atoms. The summed E-state index contributed by atoms with van der Waals surface area (Å²) in [5.41, 5.74) is 2.73. The van der Waals surface area contributed by atoms with Crippen LogP contribution in [0.3, 0.4) is 0 Å². The molecule has 0 saturated heterocycles. The second kappa shape index (κ2) is 5.08. The van der Waals surface area contributed by atoms with Crippen LogP contribution in [0.2, 0.25) is 0 Å². The summed E-state index contributed by atoms with van der Waals surface area (Å²) in [6.45, 7) is 2.93. The zero-order valence-electron chi connectivity index (χ0n) is 10.3. The van der Waals surface area contributed by atoms with Crippen LogP contribution >= 0.6 is 0 Å². The van der Waals surface area contributed by atoms with Crippen molar-refractivity contribution in [1.82, 2.24) is 0 Å². The fraction of sp³-hybridized carbons (Fsp3) is 0.385. The first-order valence-corrected chi connectivity index (χ1v) is 5.93. The van der Waals surface area contributed by atoms with Gasteiger partial charge in [-0.2, -0.15) is 0 Å². The number of hydrogen-bond acceptors (Lipinski definition) is 3. The summed E-state index contributed by atoms with van der Waals surface area (Å²) >= 11 is 0. The number of carbonyl (C=O) groups is 2. The van der Waals surface area contributed by atoms with E-state index in [1.807, 2.05) is 30.0 Å². The Kier molecular flexibility index (Phi) is 3.50. The molecule has 5 nitrogen and oxygen atoms in total. The topological polar surface area (TPSA) is 69.6 Å². The van der Waals surface area contributed by atoms with Crippen LogP contribution in [0.5, 0.6) is 0 Å². The van der Waals surface area contributed by atoms with E-state index >= 15 is 0 Å². The van der Waals surface area contributed by atoms with Gasteiger partial charge in [0.05, 0.1) is 17.8 Å². The number of nitrogens with zero attached hydrogens (tertiary/aromatic N) is 1. The fourth-order valence-electron chi connectivity index (χ4n) is 2.06. The van der Waals surface area contributed by atoms with Crippen LogP contribution in [0.25, 0.3) is 0 Å². The number of hydrogen-bond donors (Lipinski definition) is 2. The van der Waals surface area contributed by atoms with Gasteiger partial charge in [0.1, 0.15) is 0 Å². The van der Waals surface area contributed by atoms with E-state index in [9.17, 15) is 9.59 Å². The fourth-order valence-corrected chi connectivity index (χ4v) is 2.06. The van der Waals surface area contributed by atoms with E-state index in [4.69, 9.17) is 5.11 Å². The Bertz CT molecular complexity index is 485. The van der Waals surface area contributed by atoms with Gasteiger partial charge in [-0.1, -0.05) is 6.07 Å². The van der Waals surface area contributed by atoms with Crippen molar-refractivity contribution in [1.29, 1.82) is 0 Å². The third-order valence-electron chi connectivity index (χ3n) is 2.97. The molecule has 2 rings (SSSR count). The monoisotopic (exact) mass is 248 g/mol. The van der Waals surface area contributed by atoms with Crippen molar-refractivity contribution in [3.05, 3.63) is 23.8 Å². The molecule has 0 fully saturated rings. The van der Waals surface area contributed by atoms with Crippen LogP contribution < -0.4 is 10.2 Å². The summed E-state index contributed by atoms with van der Waals surface area (Å²) in [7, 11) is 0. The molecule has 0 unspecified atom stereocenters. The summed E-state index contributed by atoms with van der Waals surface area (Å²) in [4.78, 5) is 24.2. The lowest BCUT2D eigenvalue weighted by atomic mass is 10.1. The molecule has 2 N–H and O–H groups in total. The van der Waals surface area contributed by atoms with E-state index in [2.05, 4.69) is 5.32 Å². The van der Waals surface area contributed by atoms with Crippen LogP contribution in [-0.4, -0.2) is 30.1 Å². The average Bonchev–Trinajstić information content (AvgIpc) is 2.44. The Morgan fingerprint density at radius 1 is 1.50 bits per heavy atom. The molecule has 1 aromatic rings. The van der Waals surface area contributed by atoms with Gasteiger partial charge >= 0.3 is 5.97 Å². The highest BCUT2D eigenvalue weighted by Gasteiger charge is 2.19. The minimum atomic E-state index is -0.827. The third-order valence-corrected chi connectivity index (χ3v) is 2.97. The molecule has 0 radical (unpaired) electrons. The zero-order valence-corrected chi connectivity index (χ0v) is 10.3. The van der Waals surface area contributed by atoms with Gasteiger partial charge in [0, 0.05) is 19.5 Å². The van der Waals surface area contributed by atoms with Gasteiger partial charge in [-0.25, -0.2) is 0 Å². The highest BCUT2D eigenvalue weighted by atomic mass is 16.4. The number of carboxylic acid groups (broad SMARTS) is 1. The van der Waals surface area contributed by atoms with Crippen LogP contribution in [0.4, 0.5) is 11.4 Å². The summed E-state index contributed by atoms with van der Waals surface area (Å²) in [6, 6.07) is 5.80. The van der Waals surface area contributed by atoms with Crippen molar-refractivity contribution in [3.63, 3.8) is 0 Å². The number of nitrogens with one attached hydrogen (secondary N) is 1. The number of amides is 1.